The van der Waals surface area contributed by atoms with Gasteiger partial charge < -0.3 is 24.4 Å². The normalized spacial score (nSPS) is 11.8. The van der Waals surface area contributed by atoms with Gasteiger partial charge in [0.1, 0.15) is 17.2 Å². The summed E-state index contributed by atoms with van der Waals surface area (Å²) in [6.07, 6.45) is 0. The Hall–Kier alpha value is -2.73. The van der Waals surface area contributed by atoms with Gasteiger partial charge in [-0.2, -0.15) is 0 Å². The summed E-state index contributed by atoms with van der Waals surface area (Å²) in [6.45, 7) is 0.457. The van der Waals surface area contributed by atoms with Gasteiger partial charge in [0.15, 0.2) is 0 Å². The predicted molar refractivity (Wildman–Crippen MR) is 101 cm³/mol. The van der Waals surface area contributed by atoms with Crippen LogP contribution in [0.15, 0.2) is 42.5 Å². The van der Waals surface area contributed by atoms with E-state index < -0.39 is 0 Å². The van der Waals surface area contributed by atoms with E-state index in [1.165, 1.54) is 0 Å². The fourth-order valence-electron chi connectivity index (χ4n) is 2.68. The third-order valence-electron chi connectivity index (χ3n) is 4.17. The second-order valence-corrected chi connectivity index (χ2v) is 6.07. The second kappa shape index (κ2) is 9.10. The number of nitrogens with one attached hydrogen (secondary N) is 1. The smallest absolute Gasteiger partial charge is 0.251 e. The molecule has 0 aliphatic carbocycles. The molecule has 0 spiro atoms. The summed E-state index contributed by atoms with van der Waals surface area (Å²) in [7, 11) is 8.71. The second-order valence-electron chi connectivity index (χ2n) is 6.07. The van der Waals surface area contributed by atoms with Gasteiger partial charge in [-0.1, -0.05) is 12.1 Å². The Balaban J connectivity index is 2.15. The fourth-order valence-corrected chi connectivity index (χ4v) is 2.68. The first-order chi connectivity index (χ1) is 12.5. The van der Waals surface area contributed by atoms with Crippen LogP contribution >= 0.6 is 0 Å². The Morgan fingerprint density at radius 1 is 0.962 bits per heavy atom. The summed E-state index contributed by atoms with van der Waals surface area (Å²) in [5, 5.41) is 2.99. The fraction of sp³-hybridized carbons (Fsp3) is 0.350. The average molecular weight is 358 g/mol. The average Bonchev–Trinajstić information content (AvgIpc) is 2.67. The largest absolute Gasteiger partial charge is 0.497 e. The molecule has 140 valence electrons. The van der Waals surface area contributed by atoms with E-state index in [9.17, 15) is 4.79 Å². The number of benzene rings is 2. The SMILES string of the molecule is COc1cc(OC)cc(C(=O)NCC(c2cccc(OC)c2)N(C)C)c1. The van der Waals surface area contributed by atoms with Crippen LogP contribution in [0.3, 0.4) is 0 Å². The maximum absolute atomic E-state index is 12.6. The molecule has 0 saturated heterocycles. The first-order valence-corrected chi connectivity index (χ1v) is 8.30. The number of ether oxygens (including phenoxy) is 3. The molecule has 0 heterocycles. The van der Waals surface area contributed by atoms with Crippen LogP contribution < -0.4 is 19.5 Å². The molecular weight excluding hydrogens is 332 g/mol. The number of rotatable bonds is 8. The van der Waals surface area contributed by atoms with Crippen molar-refractivity contribution in [2.45, 2.75) is 6.04 Å². The highest BCUT2D eigenvalue weighted by atomic mass is 16.5. The van der Waals surface area contributed by atoms with E-state index >= 15 is 0 Å². The number of likely N-dealkylation sites (N-methyl/N-ethyl adjacent to an activating group) is 1. The number of hydrogen-bond acceptors (Lipinski definition) is 5. The number of hydrogen-bond donors (Lipinski definition) is 1. The molecule has 2 aromatic rings. The van der Waals surface area contributed by atoms with E-state index in [1.807, 2.05) is 38.4 Å². The van der Waals surface area contributed by atoms with Crippen molar-refractivity contribution in [2.75, 3.05) is 42.0 Å². The summed E-state index contributed by atoms with van der Waals surface area (Å²) in [4.78, 5) is 14.7. The van der Waals surface area contributed by atoms with Crippen molar-refractivity contribution in [3.8, 4) is 17.2 Å². The molecule has 0 radical (unpaired) electrons. The van der Waals surface area contributed by atoms with Crippen molar-refractivity contribution < 1.29 is 19.0 Å². The van der Waals surface area contributed by atoms with E-state index in [2.05, 4.69) is 10.2 Å². The van der Waals surface area contributed by atoms with Gasteiger partial charge in [0, 0.05) is 18.2 Å². The van der Waals surface area contributed by atoms with Crippen molar-refractivity contribution in [3.63, 3.8) is 0 Å². The summed E-state index contributed by atoms with van der Waals surface area (Å²) in [5.74, 6) is 1.76. The van der Waals surface area contributed by atoms with Gasteiger partial charge in [0.25, 0.3) is 5.91 Å². The maximum atomic E-state index is 12.6. The highest BCUT2D eigenvalue weighted by Gasteiger charge is 2.17. The third-order valence-corrected chi connectivity index (χ3v) is 4.17. The van der Waals surface area contributed by atoms with Gasteiger partial charge >= 0.3 is 0 Å². The molecule has 0 bridgehead atoms. The zero-order chi connectivity index (χ0) is 19.1. The Morgan fingerprint density at radius 3 is 2.12 bits per heavy atom. The maximum Gasteiger partial charge on any atom is 0.251 e. The first kappa shape index (κ1) is 19.6. The van der Waals surface area contributed by atoms with Crippen LogP contribution in [0.5, 0.6) is 17.2 Å². The number of carbonyl (C=O) groups is 1. The van der Waals surface area contributed by atoms with Crippen LogP contribution in [-0.4, -0.2) is 52.8 Å². The zero-order valence-electron chi connectivity index (χ0n) is 15.9. The molecule has 0 fully saturated rings. The molecule has 0 aromatic heterocycles. The lowest BCUT2D eigenvalue weighted by Crippen LogP contribution is -2.34. The molecule has 0 aliphatic rings. The van der Waals surface area contributed by atoms with Crippen molar-refractivity contribution in [1.82, 2.24) is 10.2 Å². The lowest BCUT2D eigenvalue weighted by molar-refractivity contribution is 0.0941. The van der Waals surface area contributed by atoms with Crippen molar-refractivity contribution in [3.05, 3.63) is 53.6 Å². The molecule has 6 nitrogen and oxygen atoms in total. The Bertz CT molecular complexity index is 724. The van der Waals surface area contributed by atoms with Crippen LogP contribution in [0.1, 0.15) is 22.0 Å². The van der Waals surface area contributed by atoms with Crippen LogP contribution in [0.25, 0.3) is 0 Å². The number of methoxy groups -OCH3 is 3. The number of carbonyl (C=O) groups excluding carboxylic acids is 1. The Morgan fingerprint density at radius 2 is 1.58 bits per heavy atom. The Kier molecular flexibility index (Phi) is 6.86. The molecule has 2 rings (SSSR count). The van der Waals surface area contributed by atoms with Gasteiger partial charge in [-0.3, -0.25) is 4.79 Å². The summed E-state index contributed by atoms with van der Waals surface area (Å²) >= 11 is 0. The lowest BCUT2D eigenvalue weighted by Gasteiger charge is -2.25. The highest BCUT2D eigenvalue weighted by molar-refractivity contribution is 5.95. The minimum absolute atomic E-state index is 0.0153. The van der Waals surface area contributed by atoms with Crippen LogP contribution in [0.4, 0.5) is 0 Å². The zero-order valence-corrected chi connectivity index (χ0v) is 15.9. The van der Waals surface area contributed by atoms with Gasteiger partial charge in [-0.25, -0.2) is 0 Å². The minimum atomic E-state index is -0.183. The van der Waals surface area contributed by atoms with Gasteiger partial charge in [-0.05, 0) is 43.9 Å². The molecule has 0 saturated carbocycles. The molecule has 1 atom stereocenters. The standard InChI is InChI=1S/C20H26N2O4/c1-22(2)19(14-7-6-8-16(9-14)24-3)13-21-20(23)15-10-17(25-4)12-18(11-15)26-5/h6-12,19H,13H2,1-5H3,(H,21,23). The summed E-state index contributed by atoms with van der Waals surface area (Å²) < 4.78 is 15.7. The van der Waals surface area contributed by atoms with E-state index in [0.717, 1.165) is 11.3 Å². The first-order valence-electron chi connectivity index (χ1n) is 8.30. The number of nitrogens with zero attached hydrogens (tertiary/aromatic N) is 1. The minimum Gasteiger partial charge on any atom is -0.497 e. The lowest BCUT2D eigenvalue weighted by atomic mass is 10.1. The molecule has 2 aromatic carbocycles. The molecule has 26 heavy (non-hydrogen) atoms. The van der Waals surface area contributed by atoms with Crippen molar-refractivity contribution >= 4 is 5.91 Å². The molecule has 6 heteroatoms. The topological polar surface area (TPSA) is 60.0 Å². The molecular formula is C20H26N2O4. The van der Waals surface area contributed by atoms with E-state index in [-0.39, 0.29) is 11.9 Å². The summed E-state index contributed by atoms with van der Waals surface area (Å²) in [6, 6.07) is 13.0. The van der Waals surface area contributed by atoms with Gasteiger partial charge in [0.05, 0.1) is 27.4 Å². The van der Waals surface area contributed by atoms with Gasteiger partial charge in [-0.15, -0.1) is 0 Å². The molecule has 1 amide bonds. The van der Waals surface area contributed by atoms with Crippen LogP contribution in [0, 0.1) is 0 Å². The highest BCUT2D eigenvalue weighted by Crippen LogP contribution is 2.24. The van der Waals surface area contributed by atoms with E-state index in [0.29, 0.717) is 23.6 Å². The molecule has 1 N–H and O–H groups in total. The number of amides is 1. The van der Waals surface area contributed by atoms with E-state index in [1.54, 1.807) is 39.5 Å². The van der Waals surface area contributed by atoms with Crippen LogP contribution in [-0.2, 0) is 0 Å². The third kappa shape index (κ3) is 4.89. The molecule has 1 unspecified atom stereocenters. The molecule has 0 aliphatic heterocycles. The van der Waals surface area contributed by atoms with Crippen molar-refractivity contribution in [1.29, 1.82) is 0 Å². The summed E-state index contributed by atoms with van der Waals surface area (Å²) in [5.41, 5.74) is 1.56. The van der Waals surface area contributed by atoms with E-state index in [4.69, 9.17) is 14.2 Å². The monoisotopic (exact) mass is 358 g/mol. The van der Waals surface area contributed by atoms with Crippen LogP contribution in [0.2, 0.25) is 0 Å². The van der Waals surface area contributed by atoms with Crippen molar-refractivity contribution in [2.24, 2.45) is 0 Å². The van der Waals surface area contributed by atoms with Gasteiger partial charge in [0.2, 0.25) is 0 Å². The predicted octanol–water partition coefficient (Wildman–Crippen LogP) is 2.75. The Labute approximate surface area is 154 Å². The quantitative estimate of drug-likeness (QED) is 0.786.